The van der Waals surface area contributed by atoms with Crippen LogP contribution in [0.3, 0.4) is 0 Å². The molecule has 0 atom stereocenters. The Morgan fingerprint density at radius 1 is 0.438 bits per heavy atom. The molecule has 0 bridgehead atoms. The molecule has 0 saturated carbocycles. The summed E-state index contributed by atoms with van der Waals surface area (Å²) in [6, 6.07) is 43.9. The van der Waals surface area contributed by atoms with Gasteiger partial charge in [0.05, 0.1) is 0 Å². The summed E-state index contributed by atoms with van der Waals surface area (Å²) < 4.78 is 0. The van der Waals surface area contributed by atoms with Crippen molar-refractivity contribution in [2.75, 3.05) is 0 Å². The summed E-state index contributed by atoms with van der Waals surface area (Å²) in [5.74, 6) is 0. The number of hydrogen-bond acceptors (Lipinski definition) is 0. The van der Waals surface area contributed by atoms with Crippen molar-refractivity contribution in [2.24, 2.45) is 0 Å². The van der Waals surface area contributed by atoms with E-state index in [0.29, 0.717) is 0 Å². The van der Waals surface area contributed by atoms with Gasteiger partial charge in [-0.1, -0.05) is 20.3 Å². The van der Waals surface area contributed by atoms with E-state index in [0.717, 1.165) is 0 Å². The van der Waals surface area contributed by atoms with Crippen LogP contribution in [-0.4, -0.2) is 0 Å². The van der Waals surface area contributed by atoms with Crippen molar-refractivity contribution in [1.82, 2.24) is 0 Å². The zero-order chi connectivity index (χ0) is 21.0. The van der Waals surface area contributed by atoms with E-state index >= 15 is 0 Å². The van der Waals surface area contributed by atoms with E-state index in [1.54, 1.807) is 0 Å². The van der Waals surface area contributed by atoms with E-state index in [1.165, 1.54) is 27.6 Å². The Morgan fingerprint density at radius 2 is 0.625 bits per heavy atom. The molecule has 5 heteroatoms. The van der Waals surface area contributed by atoms with Gasteiger partial charge in [0, 0.05) is 0 Å². The van der Waals surface area contributed by atoms with Crippen molar-refractivity contribution in [3.63, 3.8) is 0 Å². The van der Waals surface area contributed by atoms with Gasteiger partial charge in [0.1, 0.15) is 0 Å². The third-order valence-electron chi connectivity index (χ3n) is 3.99. The van der Waals surface area contributed by atoms with E-state index in [2.05, 4.69) is 135 Å². The normalized spacial score (nSPS) is 10.0. The Balaban J connectivity index is 0.000000971. The van der Waals surface area contributed by atoms with Crippen LogP contribution in [0.4, 0.5) is 0 Å². The summed E-state index contributed by atoms with van der Waals surface area (Å²) >= 11 is 1.89. The van der Waals surface area contributed by atoms with Crippen LogP contribution in [0, 0.1) is 0 Å². The maximum atomic E-state index is 2.28. The molecule has 0 N–H and O–H groups in total. The SMILES string of the molecule is CCC.[Cl-].[Cl-].c1ccc([P]([Ni+2][P](c2ccccc2)c2ccccc2)c2ccccc2)cc1. The minimum absolute atomic E-state index is 0. The Kier molecular flexibility index (Phi) is 14.8. The van der Waals surface area contributed by atoms with Crippen molar-refractivity contribution >= 4 is 34.6 Å². The second kappa shape index (κ2) is 16.4. The summed E-state index contributed by atoms with van der Waals surface area (Å²) in [6.45, 7) is 3.31. The average molecular weight is 544 g/mol. The van der Waals surface area contributed by atoms with E-state index in [9.17, 15) is 0 Å². The monoisotopic (exact) mass is 542 g/mol. The first kappa shape index (κ1) is 28.8. The van der Waals surface area contributed by atoms with E-state index < -0.39 is 13.4 Å². The molecule has 170 valence electrons. The average Bonchev–Trinajstić information content (AvgIpc) is 2.83. The second-order valence-electron chi connectivity index (χ2n) is 6.62. The molecule has 4 aromatic carbocycles. The third-order valence-corrected chi connectivity index (χ3v) is 14.5. The number of halogens is 2. The molecule has 32 heavy (non-hydrogen) atoms. The number of hydrogen-bond donors (Lipinski definition) is 0. The van der Waals surface area contributed by atoms with Gasteiger partial charge in [-0.25, -0.2) is 0 Å². The quantitative estimate of drug-likeness (QED) is 0.247. The van der Waals surface area contributed by atoms with Gasteiger partial charge in [-0.2, -0.15) is 0 Å². The van der Waals surface area contributed by atoms with Crippen LogP contribution < -0.4 is 46.0 Å². The summed E-state index contributed by atoms with van der Waals surface area (Å²) in [5.41, 5.74) is 0. The molecule has 0 unspecified atom stereocenters. The molecule has 0 aliphatic heterocycles. The second-order valence-corrected chi connectivity index (χ2v) is 14.6. The van der Waals surface area contributed by atoms with Crippen molar-refractivity contribution < 1.29 is 38.4 Å². The van der Waals surface area contributed by atoms with Crippen LogP contribution in [0.25, 0.3) is 0 Å². The molecule has 0 radical (unpaired) electrons. The van der Waals surface area contributed by atoms with Crippen LogP contribution in [0.5, 0.6) is 0 Å². The Labute approximate surface area is 213 Å². The predicted octanol–water partition coefficient (Wildman–Crippen LogP) is 0.589. The van der Waals surface area contributed by atoms with Crippen LogP contribution in [-0.2, 0) is 13.6 Å². The molecule has 4 rings (SSSR count). The summed E-state index contributed by atoms with van der Waals surface area (Å²) in [7, 11) is 0. The number of rotatable bonds is 6. The van der Waals surface area contributed by atoms with E-state index in [-0.39, 0.29) is 24.8 Å². The predicted molar refractivity (Wildman–Crippen MR) is 134 cm³/mol. The Hall–Kier alpha value is -1.19. The van der Waals surface area contributed by atoms with Crippen LogP contribution >= 0.6 is 13.4 Å². The first-order valence-electron chi connectivity index (χ1n) is 10.2. The van der Waals surface area contributed by atoms with Gasteiger partial charge in [-0.15, -0.1) is 0 Å². The molecule has 0 amide bonds. The molecule has 0 spiro atoms. The van der Waals surface area contributed by atoms with Crippen LogP contribution in [0.1, 0.15) is 20.3 Å². The molecule has 0 aliphatic rings. The van der Waals surface area contributed by atoms with Gasteiger partial charge in [0.15, 0.2) is 0 Å². The zero-order valence-corrected chi connectivity index (χ0v) is 22.5. The molecule has 0 aromatic heterocycles. The van der Waals surface area contributed by atoms with Crippen molar-refractivity contribution in [2.45, 2.75) is 20.3 Å². The molecule has 0 aliphatic carbocycles. The molecule has 0 nitrogen and oxygen atoms in total. The van der Waals surface area contributed by atoms with Crippen molar-refractivity contribution in [1.29, 1.82) is 0 Å². The summed E-state index contributed by atoms with van der Waals surface area (Å²) in [5, 5.41) is 5.72. The van der Waals surface area contributed by atoms with Gasteiger partial charge in [-0.3, -0.25) is 0 Å². The van der Waals surface area contributed by atoms with Gasteiger partial charge >= 0.3 is 170 Å². The van der Waals surface area contributed by atoms with E-state index in [1.807, 2.05) is 13.6 Å². The molecule has 0 heterocycles. The summed E-state index contributed by atoms with van der Waals surface area (Å²) in [4.78, 5) is 0. The fourth-order valence-corrected chi connectivity index (χ4v) is 14.3. The molecular formula is C27H28Cl2NiP2. The van der Waals surface area contributed by atoms with Gasteiger partial charge in [-0.05, 0) is 0 Å². The summed E-state index contributed by atoms with van der Waals surface area (Å²) in [6.07, 6.45) is 1.25. The maximum absolute atomic E-state index is 2.28. The first-order valence-corrected chi connectivity index (χ1v) is 15.2. The van der Waals surface area contributed by atoms with Gasteiger partial charge in [0.25, 0.3) is 0 Å². The topological polar surface area (TPSA) is 0 Å². The first-order chi connectivity index (χ1) is 14.8. The fraction of sp³-hybridized carbons (Fsp3) is 0.111. The standard InChI is InChI=1S/2C12H10P.C3H8.2ClH.Ni/c2*1-3-7-11(8-4-1)13-12-9-5-2-6-10-12;1-3-2;;;/h2*1-10H;3H2,1-2H3;2*1H;/q2*-1;;;;+4/p-2. The van der Waals surface area contributed by atoms with Gasteiger partial charge in [0.2, 0.25) is 0 Å². The minimum atomic E-state index is -0.471. The third kappa shape index (κ3) is 8.63. The Bertz CT molecular complexity index is 811. The molecule has 0 fully saturated rings. The fourth-order valence-electron chi connectivity index (χ4n) is 2.71. The molecule has 4 aromatic rings. The van der Waals surface area contributed by atoms with Crippen LogP contribution in [0.2, 0.25) is 0 Å². The van der Waals surface area contributed by atoms with E-state index in [4.69, 9.17) is 0 Å². The van der Waals surface area contributed by atoms with Crippen LogP contribution in [0.15, 0.2) is 121 Å². The number of benzene rings is 4. The van der Waals surface area contributed by atoms with Gasteiger partial charge < -0.3 is 24.8 Å². The van der Waals surface area contributed by atoms with Crippen molar-refractivity contribution in [3.05, 3.63) is 121 Å². The molecular weight excluding hydrogens is 516 g/mol. The zero-order valence-electron chi connectivity index (χ0n) is 18.2. The Morgan fingerprint density at radius 3 is 0.812 bits per heavy atom. The van der Waals surface area contributed by atoms with Crippen molar-refractivity contribution in [3.8, 4) is 0 Å². The molecule has 0 saturated heterocycles.